The van der Waals surface area contributed by atoms with E-state index in [1.807, 2.05) is 0 Å². The van der Waals surface area contributed by atoms with E-state index in [0.717, 1.165) is 37.5 Å². The van der Waals surface area contributed by atoms with Crippen molar-refractivity contribution >= 4 is 27.1 Å². The smallest absolute Gasteiger partial charge is 0.295 e. The summed E-state index contributed by atoms with van der Waals surface area (Å²) in [4.78, 5) is 10.8. The standard InChI is InChI=1S/C17H24N4O5S/c1-13-4-2-3-5-15(13)18-19-16-7-6-14(12-17(16)21(22)23)27(24,25)20-8-10-26-11-9-20/h6-7,12-13,19H,2-5,8-11H2,1H3/b18-15-. The average Bonchev–Trinajstić information content (AvgIpc) is 2.68. The monoisotopic (exact) mass is 396 g/mol. The molecule has 0 aromatic heterocycles. The van der Waals surface area contributed by atoms with Crippen molar-refractivity contribution in [1.82, 2.24) is 4.31 Å². The van der Waals surface area contributed by atoms with Crippen LogP contribution < -0.4 is 5.43 Å². The number of anilines is 1. The van der Waals surface area contributed by atoms with Crippen LogP contribution in [0.25, 0.3) is 0 Å². The van der Waals surface area contributed by atoms with Crippen molar-refractivity contribution in [3.05, 3.63) is 28.3 Å². The van der Waals surface area contributed by atoms with Gasteiger partial charge in [-0.05, 0) is 37.3 Å². The lowest BCUT2D eigenvalue weighted by molar-refractivity contribution is -0.384. The summed E-state index contributed by atoms with van der Waals surface area (Å²) < 4.78 is 31.9. The second kappa shape index (κ2) is 8.32. The molecule has 1 aromatic rings. The average molecular weight is 396 g/mol. The van der Waals surface area contributed by atoms with Crippen LogP contribution in [0.5, 0.6) is 0 Å². The minimum absolute atomic E-state index is 0.0969. The Balaban J connectivity index is 1.86. The summed E-state index contributed by atoms with van der Waals surface area (Å²) >= 11 is 0. The molecule has 9 nitrogen and oxygen atoms in total. The summed E-state index contributed by atoms with van der Waals surface area (Å²) in [7, 11) is -3.79. The first-order valence-electron chi connectivity index (χ1n) is 9.08. The SMILES string of the molecule is CC1CCCC/C1=N/Nc1ccc(S(=O)(=O)N2CCOCC2)cc1[N+](=O)[O-]. The number of nitro benzene ring substituents is 1. The third kappa shape index (κ3) is 4.45. The number of nitrogens with zero attached hydrogens (tertiary/aromatic N) is 3. The van der Waals surface area contributed by atoms with Crippen molar-refractivity contribution in [3.8, 4) is 0 Å². The van der Waals surface area contributed by atoms with E-state index in [1.165, 1.54) is 16.4 Å². The van der Waals surface area contributed by atoms with Crippen LogP contribution in [0.3, 0.4) is 0 Å². The van der Waals surface area contributed by atoms with Crippen LogP contribution >= 0.6 is 0 Å². The normalized spacial score (nSPS) is 23.3. The van der Waals surface area contributed by atoms with Gasteiger partial charge in [0.15, 0.2) is 0 Å². The lowest BCUT2D eigenvalue weighted by Gasteiger charge is -2.26. The van der Waals surface area contributed by atoms with Gasteiger partial charge in [0.2, 0.25) is 10.0 Å². The van der Waals surface area contributed by atoms with Gasteiger partial charge in [-0.2, -0.15) is 9.41 Å². The highest BCUT2D eigenvalue weighted by atomic mass is 32.2. The summed E-state index contributed by atoms with van der Waals surface area (Å²) in [5, 5.41) is 15.8. The fourth-order valence-electron chi connectivity index (χ4n) is 3.32. The van der Waals surface area contributed by atoms with E-state index in [2.05, 4.69) is 17.5 Å². The molecule has 1 atom stereocenters. The molecule has 2 aliphatic rings. The van der Waals surface area contributed by atoms with Crippen LogP contribution in [0.1, 0.15) is 32.6 Å². The van der Waals surface area contributed by atoms with Gasteiger partial charge >= 0.3 is 0 Å². The number of benzene rings is 1. The quantitative estimate of drug-likeness (QED) is 0.604. The molecule has 1 aliphatic carbocycles. The summed E-state index contributed by atoms with van der Waals surface area (Å²) in [5.41, 5.74) is 3.64. The zero-order valence-electron chi connectivity index (χ0n) is 15.3. The second-order valence-corrected chi connectivity index (χ2v) is 8.75. The molecule has 1 N–H and O–H groups in total. The molecule has 1 unspecified atom stereocenters. The molecule has 0 bridgehead atoms. The number of hydrazone groups is 1. The lowest BCUT2D eigenvalue weighted by atomic mass is 9.89. The first kappa shape index (κ1) is 19.7. The van der Waals surface area contributed by atoms with Crippen molar-refractivity contribution in [3.63, 3.8) is 0 Å². The maximum Gasteiger partial charge on any atom is 0.295 e. The third-order valence-corrected chi connectivity index (χ3v) is 6.88. The molecule has 1 saturated heterocycles. The number of morpholine rings is 1. The Kier molecular flexibility index (Phi) is 6.08. The Bertz CT molecular complexity index is 834. The number of sulfonamides is 1. The van der Waals surface area contributed by atoms with Gasteiger partial charge in [0.05, 0.1) is 23.0 Å². The largest absolute Gasteiger partial charge is 0.379 e. The Morgan fingerprint density at radius 1 is 1.30 bits per heavy atom. The molecular weight excluding hydrogens is 372 g/mol. The fourth-order valence-corrected chi connectivity index (χ4v) is 4.75. The van der Waals surface area contributed by atoms with Crippen molar-refractivity contribution in [2.75, 3.05) is 31.7 Å². The molecule has 3 rings (SSSR count). The van der Waals surface area contributed by atoms with Gasteiger partial charge in [-0.1, -0.05) is 13.3 Å². The molecule has 1 aromatic carbocycles. The molecule has 1 aliphatic heterocycles. The number of hydrogen-bond acceptors (Lipinski definition) is 7. The maximum absolute atomic E-state index is 12.7. The van der Waals surface area contributed by atoms with Gasteiger partial charge in [-0.25, -0.2) is 8.42 Å². The second-order valence-electron chi connectivity index (χ2n) is 6.81. The summed E-state index contributed by atoms with van der Waals surface area (Å²) in [6.45, 7) is 3.20. The Labute approximate surface area is 158 Å². The van der Waals surface area contributed by atoms with Crippen LogP contribution in [-0.2, 0) is 14.8 Å². The van der Waals surface area contributed by atoms with Gasteiger partial charge in [0, 0.05) is 24.9 Å². The van der Waals surface area contributed by atoms with Crippen molar-refractivity contribution in [1.29, 1.82) is 0 Å². The molecule has 27 heavy (non-hydrogen) atoms. The molecular formula is C17H24N4O5S. The fraction of sp³-hybridized carbons (Fsp3) is 0.588. The van der Waals surface area contributed by atoms with Crippen LogP contribution in [0.15, 0.2) is 28.2 Å². The first-order chi connectivity index (χ1) is 12.9. The molecule has 10 heteroatoms. The van der Waals surface area contributed by atoms with E-state index in [4.69, 9.17) is 4.74 Å². The molecule has 1 saturated carbocycles. The number of rotatable bonds is 5. The zero-order valence-corrected chi connectivity index (χ0v) is 16.1. The summed E-state index contributed by atoms with van der Waals surface area (Å²) in [5.74, 6) is 0.339. The van der Waals surface area contributed by atoms with E-state index >= 15 is 0 Å². The van der Waals surface area contributed by atoms with Gasteiger partial charge in [0.1, 0.15) is 5.69 Å². The van der Waals surface area contributed by atoms with Crippen LogP contribution in [-0.4, -0.2) is 49.7 Å². The number of hydrogen-bond donors (Lipinski definition) is 1. The van der Waals surface area contributed by atoms with Crippen molar-refractivity contribution < 1.29 is 18.1 Å². The number of nitrogens with one attached hydrogen (secondary N) is 1. The van der Waals surface area contributed by atoms with Crippen molar-refractivity contribution in [2.24, 2.45) is 11.0 Å². The van der Waals surface area contributed by atoms with E-state index in [9.17, 15) is 18.5 Å². The van der Waals surface area contributed by atoms with Gasteiger partial charge < -0.3 is 4.74 Å². The van der Waals surface area contributed by atoms with Crippen LogP contribution in [0.4, 0.5) is 11.4 Å². The lowest BCUT2D eigenvalue weighted by Crippen LogP contribution is -2.40. The minimum atomic E-state index is -3.79. The molecule has 1 heterocycles. The molecule has 0 radical (unpaired) electrons. The third-order valence-electron chi connectivity index (χ3n) is 4.98. The summed E-state index contributed by atoms with van der Waals surface area (Å²) in [6.07, 6.45) is 4.14. The maximum atomic E-state index is 12.7. The Hall–Kier alpha value is -2.04. The highest BCUT2D eigenvalue weighted by Crippen LogP contribution is 2.30. The van der Waals surface area contributed by atoms with Gasteiger partial charge in [-0.3, -0.25) is 15.5 Å². The van der Waals surface area contributed by atoms with Crippen LogP contribution in [0, 0.1) is 16.0 Å². The molecule has 0 spiro atoms. The van der Waals surface area contributed by atoms with Crippen LogP contribution in [0.2, 0.25) is 0 Å². The predicted molar refractivity (Wildman–Crippen MR) is 101 cm³/mol. The van der Waals surface area contributed by atoms with E-state index in [-0.39, 0.29) is 29.4 Å². The van der Waals surface area contributed by atoms with E-state index in [0.29, 0.717) is 19.1 Å². The highest BCUT2D eigenvalue weighted by molar-refractivity contribution is 7.89. The van der Waals surface area contributed by atoms with E-state index in [1.54, 1.807) is 0 Å². The number of nitro groups is 1. The molecule has 148 valence electrons. The van der Waals surface area contributed by atoms with Gasteiger partial charge in [0.25, 0.3) is 5.69 Å². The highest BCUT2D eigenvalue weighted by Gasteiger charge is 2.29. The Morgan fingerprint density at radius 3 is 2.70 bits per heavy atom. The van der Waals surface area contributed by atoms with Crippen molar-refractivity contribution in [2.45, 2.75) is 37.5 Å². The Morgan fingerprint density at radius 2 is 2.04 bits per heavy atom. The number of ether oxygens (including phenoxy) is 1. The molecule has 0 amide bonds. The van der Waals surface area contributed by atoms with Gasteiger partial charge in [-0.15, -0.1) is 0 Å². The topological polar surface area (TPSA) is 114 Å². The zero-order chi connectivity index (χ0) is 19.4. The molecule has 2 fully saturated rings. The predicted octanol–water partition coefficient (Wildman–Crippen LogP) is 2.59. The van der Waals surface area contributed by atoms with E-state index < -0.39 is 14.9 Å². The first-order valence-corrected chi connectivity index (χ1v) is 10.5. The summed E-state index contributed by atoms with van der Waals surface area (Å²) in [6, 6.07) is 3.88. The minimum Gasteiger partial charge on any atom is -0.379 e.